The molecule has 4 nitrogen and oxygen atoms in total. The number of alkyl halides is 3. The minimum absolute atomic E-state index is 0.0594. The molecule has 0 atom stereocenters. The summed E-state index contributed by atoms with van der Waals surface area (Å²) < 4.78 is 43.3. The van der Waals surface area contributed by atoms with Gasteiger partial charge in [0.05, 0.1) is 5.56 Å². The molecule has 0 unspecified atom stereocenters. The Hall–Kier alpha value is -2.31. The van der Waals surface area contributed by atoms with Crippen LogP contribution < -0.4 is 0 Å². The Morgan fingerprint density at radius 3 is 2.47 bits per heavy atom. The van der Waals surface area contributed by atoms with E-state index in [1.54, 1.807) is 0 Å². The Kier molecular flexibility index (Phi) is 3.05. The van der Waals surface area contributed by atoms with Crippen molar-refractivity contribution in [1.82, 2.24) is 5.16 Å². The molecule has 7 heteroatoms. The third-order valence-electron chi connectivity index (χ3n) is 2.60. The maximum absolute atomic E-state index is 12.9. The Labute approximate surface area is 105 Å². The molecule has 0 aliphatic heterocycles. The van der Waals surface area contributed by atoms with E-state index in [2.05, 4.69) is 5.16 Å². The zero-order valence-electron chi connectivity index (χ0n) is 9.65. The highest BCUT2D eigenvalue weighted by Crippen LogP contribution is 2.38. The second-order valence-corrected chi connectivity index (χ2v) is 3.83. The number of carbonyl (C=O) groups is 1. The van der Waals surface area contributed by atoms with Crippen LogP contribution in [0.1, 0.15) is 21.6 Å². The maximum Gasteiger partial charge on any atom is 0.417 e. The summed E-state index contributed by atoms with van der Waals surface area (Å²) in [6.07, 6.45) is -4.56. The average Bonchev–Trinajstić information content (AvgIpc) is 2.70. The fraction of sp³-hybridized carbons (Fsp3) is 0.167. The molecule has 1 heterocycles. The van der Waals surface area contributed by atoms with Crippen molar-refractivity contribution in [3.05, 3.63) is 41.1 Å². The van der Waals surface area contributed by atoms with Gasteiger partial charge in [-0.3, -0.25) is 0 Å². The van der Waals surface area contributed by atoms with Gasteiger partial charge in [0, 0.05) is 11.1 Å². The highest BCUT2D eigenvalue weighted by atomic mass is 19.4. The highest BCUT2D eigenvalue weighted by Gasteiger charge is 2.35. The summed E-state index contributed by atoms with van der Waals surface area (Å²) in [6, 6.07) is 4.77. The molecule has 2 rings (SSSR count). The molecule has 1 aromatic carbocycles. The van der Waals surface area contributed by atoms with Gasteiger partial charge in [0.15, 0.2) is 11.5 Å². The molecule has 0 saturated heterocycles. The van der Waals surface area contributed by atoms with Crippen molar-refractivity contribution in [3.63, 3.8) is 0 Å². The molecular formula is C12H8F3NO3. The number of aromatic nitrogens is 1. The molecule has 19 heavy (non-hydrogen) atoms. The molecule has 0 fully saturated rings. The fourth-order valence-corrected chi connectivity index (χ4v) is 1.71. The molecular weight excluding hydrogens is 263 g/mol. The fourth-order valence-electron chi connectivity index (χ4n) is 1.71. The molecule has 0 spiro atoms. The third-order valence-corrected chi connectivity index (χ3v) is 2.60. The lowest BCUT2D eigenvalue weighted by Gasteiger charge is -2.10. The first-order chi connectivity index (χ1) is 8.82. The van der Waals surface area contributed by atoms with Crippen LogP contribution in [-0.2, 0) is 6.18 Å². The first-order valence-electron chi connectivity index (χ1n) is 5.18. The van der Waals surface area contributed by atoms with Gasteiger partial charge in [0.1, 0.15) is 0 Å². The molecule has 0 radical (unpaired) electrons. The summed E-state index contributed by atoms with van der Waals surface area (Å²) in [7, 11) is 0. The minimum Gasteiger partial charge on any atom is -0.476 e. The Bertz CT molecular complexity index is 631. The van der Waals surface area contributed by atoms with Gasteiger partial charge in [-0.1, -0.05) is 23.4 Å². The van der Waals surface area contributed by atoms with E-state index in [1.807, 2.05) is 0 Å². The molecule has 100 valence electrons. The van der Waals surface area contributed by atoms with E-state index in [4.69, 9.17) is 9.63 Å². The standard InChI is InChI=1S/C12H8F3NO3/c1-6-9(11(17)18)16-19-10(6)7-4-2-3-5-8(7)12(13,14)15/h2-5H,1H3,(H,17,18). The average molecular weight is 271 g/mol. The van der Waals surface area contributed by atoms with Crippen molar-refractivity contribution in [2.24, 2.45) is 0 Å². The van der Waals surface area contributed by atoms with Crippen LogP contribution in [-0.4, -0.2) is 16.2 Å². The lowest BCUT2D eigenvalue weighted by Crippen LogP contribution is -2.07. The van der Waals surface area contributed by atoms with Gasteiger partial charge >= 0.3 is 12.1 Å². The number of carboxylic acid groups (broad SMARTS) is 1. The maximum atomic E-state index is 12.9. The van der Waals surface area contributed by atoms with Crippen LogP contribution in [0.3, 0.4) is 0 Å². The van der Waals surface area contributed by atoms with Crippen molar-refractivity contribution in [2.75, 3.05) is 0 Å². The highest BCUT2D eigenvalue weighted by molar-refractivity contribution is 5.89. The van der Waals surface area contributed by atoms with Gasteiger partial charge < -0.3 is 9.63 Å². The predicted octanol–water partition coefficient (Wildman–Crippen LogP) is 3.37. The van der Waals surface area contributed by atoms with Crippen molar-refractivity contribution in [2.45, 2.75) is 13.1 Å². The molecule has 2 aromatic rings. The van der Waals surface area contributed by atoms with E-state index in [0.29, 0.717) is 0 Å². The van der Waals surface area contributed by atoms with Crippen molar-refractivity contribution >= 4 is 5.97 Å². The first kappa shape index (κ1) is 13.1. The molecule has 0 amide bonds. The van der Waals surface area contributed by atoms with Gasteiger partial charge in [-0.15, -0.1) is 0 Å². The molecule has 0 saturated carbocycles. The number of benzene rings is 1. The van der Waals surface area contributed by atoms with Crippen molar-refractivity contribution in [1.29, 1.82) is 0 Å². The molecule has 1 N–H and O–H groups in total. The van der Waals surface area contributed by atoms with E-state index in [0.717, 1.165) is 6.07 Å². The van der Waals surface area contributed by atoms with Crippen molar-refractivity contribution < 1.29 is 27.6 Å². The third kappa shape index (κ3) is 2.31. The van der Waals surface area contributed by atoms with Crippen LogP contribution in [0.4, 0.5) is 13.2 Å². The van der Waals surface area contributed by atoms with Gasteiger partial charge in [-0.05, 0) is 13.0 Å². The van der Waals surface area contributed by atoms with E-state index < -0.39 is 23.4 Å². The van der Waals surface area contributed by atoms with E-state index in [-0.39, 0.29) is 16.9 Å². The number of halogens is 3. The summed E-state index contributed by atoms with van der Waals surface area (Å²) in [4.78, 5) is 10.8. The number of hydrogen-bond donors (Lipinski definition) is 1. The van der Waals surface area contributed by atoms with Crippen LogP contribution >= 0.6 is 0 Å². The van der Waals surface area contributed by atoms with Gasteiger partial charge in [-0.25, -0.2) is 4.79 Å². The summed E-state index contributed by atoms with van der Waals surface area (Å²) in [5.41, 5.74) is -1.46. The van der Waals surface area contributed by atoms with Gasteiger partial charge in [0.2, 0.25) is 0 Å². The Balaban J connectivity index is 2.64. The predicted molar refractivity (Wildman–Crippen MR) is 58.6 cm³/mol. The smallest absolute Gasteiger partial charge is 0.417 e. The summed E-state index contributed by atoms with van der Waals surface area (Å²) >= 11 is 0. The molecule has 0 bridgehead atoms. The lowest BCUT2D eigenvalue weighted by molar-refractivity contribution is -0.137. The summed E-state index contributed by atoms with van der Waals surface area (Å²) in [5, 5.41) is 12.1. The molecule has 1 aromatic heterocycles. The monoisotopic (exact) mass is 271 g/mol. The van der Waals surface area contributed by atoms with Crippen LogP contribution in [0.2, 0.25) is 0 Å². The first-order valence-corrected chi connectivity index (χ1v) is 5.18. The van der Waals surface area contributed by atoms with Gasteiger partial charge in [-0.2, -0.15) is 13.2 Å². The number of nitrogens with zero attached hydrogens (tertiary/aromatic N) is 1. The van der Waals surface area contributed by atoms with Crippen molar-refractivity contribution in [3.8, 4) is 11.3 Å². The van der Waals surface area contributed by atoms with Crippen LogP contribution in [0.25, 0.3) is 11.3 Å². The second kappa shape index (κ2) is 4.42. The Morgan fingerprint density at radius 1 is 1.32 bits per heavy atom. The zero-order chi connectivity index (χ0) is 14.2. The Morgan fingerprint density at radius 2 is 1.95 bits per heavy atom. The summed E-state index contributed by atoms with van der Waals surface area (Å²) in [5.74, 6) is -1.54. The van der Waals surface area contributed by atoms with Gasteiger partial charge in [0.25, 0.3) is 0 Å². The largest absolute Gasteiger partial charge is 0.476 e. The van der Waals surface area contributed by atoms with Crippen LogP contribution in [0, 0.1) is 6.92 Å². The minimum atomic E-state index is -4.56. The number of aromatic carboxylic acids is 1. The van der Waals surface area contributed by atoms with Crippen LogP contribution in [0.15, 0.2) is 28.8 Å². The van der Waals surface area contributed by atoms with E-state index in [9.17, 15) is 18.0 Å². The number of rotatable bonds is 2. The number of carboxylic acids is 1. The van der Waals surface area contributed by atoms with Crippen LogP contribution in [0.5, 0.6) is 0 Å². The molecule has 0 aliphatic rings. The molecule has 0 aliphatic carbocycles. The number of hydrogen-bond acceptors (Lipinski definition) is 3. The quantitative estimate of drug-likeness (QED) is 0.909. The van der Waals surface area contributed by atoms with E-state index >= 15 is 0 Å². The SMILES string of the molecule is Cc1c(C(=O)O)noc1-c1ccccc1C(F)(F)F. The normalized spacial score (nSPS) is 11.6. The zero-order valence-corrected chi connectivity index (χ0v) is 9.65. The van der Waals surface area contributed by atoms with E-state index in [1.165, 1.54) is 25.1 Å². The topological polar surface area (TPSA) is 63.3 Å². The summed E-state index contributed by atoms with van der Waals surface area (Å²) in [6.45, 7) is 1.35. The lowest BCUT2D eigenvalue weighted by atomic mass is 10.0. The second-order valence-electron chi connectivity index (χ2n) is 3.83.